The zero-order valence-electron chi connectivity index (χ0n) is 34.6. The van der Waals surface area contributed by atoms with Crippen LogP contribution in [0.2, 0.25) is 0 Å². The Balaban J connectivity index is 1.20. The largest absolute Gasteiger partial charge is 0.456 e. The van der Waals surface area contributed by atoms with Crippen LogP contribution >= 0.6 is 0 Å². The van der Waals surface area contributed by atoms with Gasteiger partial charge < -0.3 is 13.2 Å². The van der Waals surface area contributed by atoms with Crippen molar-refractivity contribution in [1.82, 2.24) is 8.80 Å². The van der Waals surface area contributed by atoms with E-state index < -0.39 is 8.07 Å². The SMILES string of the molecule is c1ccc([Si](c2ccccc2)(c2ccccc2)c2cccc(-c3c4c5cccc6c7ccccc7n(c4cc4c7c8c(cc9c%10ccccc%10n(c34)c97)oc3ccccc38)c65)c2)cc1. The van der Waals surface area contributed by atoms with E-state index in [1.807, 2.05) is 0 Å². The maximum Gasteiger partial charge on any atom is 0.179 e. The summed E-state index contributed by atoms with van der Waals surface area (Å²) in [7, 11) is -2.88. The molecule has 0 saturated carbocycles. The van der Waals surface area contributed by atoms with Gasteiger partial charge in [0.05, 0.1) is 33.1 Å². The molecule has 0 atom stereocenters. The van der Waals surface area contributed by atoms with E-state index in [1.165, 1.54) is 113 Å². The highest BCUT2D eigenvalue weighted by Gasteiger charge is 2.41. The van der Waals surface area contributed by atoms with Crippen LogP contribution < -0.4 is 20.7 Å². The Morgan fingerprint density at radius 1 is 0.297 bits per heavy atom. The lowest BCUT2D eigenvalue weighted by atomic mass is 9.94. The fraction of sp³-hybridized carbons (Fsp3) is 0. The van der Waals surface area contributed by atoms with Gasteiger partial charge in [0.25, 0.3) is 0 Å². The third kappa shape index (κ3) is 4.21. The minimum absolute atomic E-state index is 0.911. The van der Waals surface area contributed by atoms with E-state index in [0.717, 1.165) is 16.6 Å². The predicted molar refractivity (Wildman–Crippen MR) is 272 cm³/mol. The second-order valence-corrected chi connectivity index (χ2v) is 21.3. The van der Waals surface area contributed by atoms with Gasteiger partial charge in [-0.25, -0.2) is 0 Å². The van der Waals surface area contributed by atoms with Crippen molar-refractivity contribution in [3.8, 4) is 11.1 Å². The van der Waals surface area contributed by atoms with Gasteiger partial charge in [0, 0.05) is 59.4 Å². The van der Waals surface area contributed by atoms with Crippen molar-refractivity contribution in [3.05, 3.63) is 218 Å². The lowest BCUT2D eigenvalue weighted by Gasteiger charge is -2.34. The standard InChI is InChI=1S/C60H36N2OSi/c1-4-19-38(20-5-1)64(39-21-6-2-7-22-39,40-23-8-3-9-24-40)41-25-16-18-37(34-41)54-55-46-30-17-29-44-42-26-10-13-31-49(42)61(58(44)46)51(55)35-48-57-56-45-28-12-15-33-52(45)63-53(56)36-47-43-27-11-14-32-50(43)62(59(47)57)60(48)54/h1-36H. The molecule has 15 rings (SSSR count). The van der Waals surface area contributed by atoms with Gasteiger partial charge in [-0.2, -0.15) is 0 Å². The highest BCUT2D eigenvalue weighted by Crippen LogP contribution is 2.52. The van der Waals surface area contributed by atoms with Gasteiger partial charge >= 0.3 is 0 Å². The van der Waals surface area contributed by atoms with E-state index in [0.29, 0.717) is 0 Å². The fourth-order valence-electron chi connectivity index (χ4n) is 12.1. The maximum atomic E-state index is 6.78. The van der Waals surface area contributed by atoms with E-state index in [4.69, 9.17) is 4.42 Å². The van der Waals surface area contributed by atoms with Crippen LogP contribution in [0.4, 0.5) is 0 Å². The van der Waals surface area contributed by atoms with E-state index in [2.05, 4.69) is 227 Å². The molecule has 0 unspecified atom stereocenters. The lowest BCUT2D eigenvalue weighted by Crippen LogP contribution is -2.74. The second-order valence-electron chi connectivity index (χ2n) is 17.5. The molecular formula is C60H36N2OSi. The van der Waals surface area contributed by atoms with Crippen LogP contribution in [-0.4, -0.2) is 16.9 Å². The number of rotatable bonds is 5. The lowest BCUT2D eigenvalue weighted by molar-refractivity contribution is 0.669. The number of fused-ring (bicyclic) bond motifs is 16. The Bertz CT molecular complexity index is 4260. The summed E-state index contributed by atoms with van der Waals surface area (Å²) in [6.45, 7) is 0. The van der Waals surface area contributed by atoms with Crippen molar-refractivity contribution >= 4 is 127 Å². The van der Waals surface area contributed by atoms with Crippen molar-refractivity contribution in [3.63, 3.8) is 0 Å². The summed E-state index contributed by atoms with van der Waals surface area (Å²) in [5, 5.41) is 17.8. The summed E-state index contributed by atoms with van der Waals surface area (Å²) in [4.78, 5) is 0. The number of para-hydroxylation sites is 4. The maximum absolute atomic E-state index is 6.78. The first-order valence-electron chi connectivity index (χ1n) is 22.2. The Morgan fingerprint density at radius 2 is 0.844 bits per heavy atom. The van der Waals surface area contributed by atoms with Gasteiger partial charge in [0.2, 0.25) is 0 Å². The summed E-state index contributed by atoms with van der Waals surface area (Å²) in [5.74, 6) is 0. The Kier molecular flexibility index (Phi) is 6.71. The predicted octanol–water partition coefficient (Wildman–Crippen LogP) is 12.9. The average Bonchev–Trinajstić information content (AvgIpc) is 4.16. The smallest absolute Gasteiger partial charge is 0.179 e. The molecule has 0 saturated heterocycles. The molecule has 0 radical (unpaired) electrons. The number of aromatic nitrogens is 2. The summed E-state index contributed by atoms with van der Waals surface area (Å²) >= 11 is 0. The molecule has 0 spiro atoms. The summed E-state index contributed by atoms with van der Waals surface area (Å²) in [6, 6.07) is 81.7. The van der Waals surface area contributed by atoms with Crippen LogP contribution in [-0.2, 0) is 0 Å². The van der Waals surface area contributed by atoms with Crippen LogP contribution in [0.15, 0.2) is 223 Å². The number of hydrogen-bond acceptors (Lipinski definition) is 1. The molecule has 0 aliphatic heterocycles. The second kappa shape index (κ2) is 12.5. The molecule has 4 heteroatoms. The first-order valence-corrected chi connectivity index (χ1v) is 24.2. The number of benzene rings is 10. The molecule has 5 heterocycles. The van der Waals surface area contributed by atoms with Crippen LogP contribution in [0.25, 0.3) is 109 Å². The zero-order chi connectivity index (χ0) is 41.7. The third-order valence-corrected chi connectivity index (χ3v) is 19.3. The highest BCUT2D eigenvalue weighted by molar-refractivity contribution is 7.19. The van der Waals surface area contributed by atoms with Gasteiger partial charge in [-0.1, -0.05) is 188 Å². The Labute approximate surface area is 367 Å². The topological polar surface area (TPSA) is 22.0 Å². The Morgan fingerprint density at radius 3 is 1.55 bits per heavy atom. The molecule has 10 aromatic carbocycles. The summed E-state index contributed by atoms with van der Waals surface area (Å²) < 4.78 is 11.9. The molecule has 0 fully saturated rings. The molecule has 0 aliphatic rings. The quantitative estimate of drug-likeness (QED) is 0.125. The highest BCUT2D eigenvalue weighted by atomic mass is 28.3. The van der Waals surface area contributed by atoms with Crippen LogP contribution in [0.3, 0.4) is 0 Å². The van der Waals surface area contributed by atoms with Gasteiger partial charge in [-0.05, 0) is 56.6 Å². The van der Waals surface area contributed by atoms with E-state index in [-0.39, 0.29) is 0 Å². The van der Waals surface area contributed by atoms with Crippen molar-refractivity contribution < 1.29 is 4.42 Å². The molecule has 3 nitrogen and oxygen atoms in total. The number of furan rings is 1. The van der Waals surface area contributed by atoms with Gasteiger partial charge in [0.15, 0.2) is 8.07 Å². The Hall–Kier alpha value is -8.18. The fourth-order valence-corrected chi connectivity index (χ4v) is 16.9. The molecule has 0 aliphatic carbocycles. The van der Waals surface area contributed by atoms with Gasteiger partial charge in [-0.15, -0.1) is 0 Å². The molecular weight excluding hydrogens is 793 g/mol. The molecule has 0 bridgehead atoms. The first kappa shape index (κ1) is 34.4. The number of hydrogen-bond donors (Lipinski definition) is 0. The van der Waals surface area contributed by atoms with E-state index in [9.17, 15) is 0 Å². The van der Waals surface area contributed by atoms with Crippen LogP contribution in [0, 0.1) is 0 Å². The van der Waals surface area contributed by atoms with Crippen LogP contribution in [0.5, 0.6) is 0 Å². The monoisotopic (exact) mass is 828 g/mol. The number of nitrogens with zero attached hydrogens (tertiary/aromatic N) is 2. The van der Waals surface area contributed by atoms with Crippen molar-refractivity contribution in [1.29, 1.82) is 0 Å². The molecule has 296 valence electrons. The molecule has 15 aromatic rings. The minimum Gasteiger partial charge on any atom is -0.456 e. The normalized spacial score (nSPS) is 12.7. The molecule has 0 amide bonds. The van der Waals surface area contributed by atoms with Crippen molar-refractivity contribution in [2.45, 2.75) is 0 Å². The molecule has 0 N–H and O–H groups in total. The van der Waals surface area contributed by atoms with E-state index in [1.54, 1.807) is 0 Å². The third-order valence-electron chi connectivity index (χ3n) is 14.5. The molecule has 5 aromatic heterocycles. The summed E-state index contributed by atoms with van der Waals surface area (Å²) in [5.41, 5.74) is 11.7. The zero-order valence-corrected chi connectivity index (χ0v) is 35.6. The van der Waals surface area contributed by atoms with Gasteiger partial charge in [-0.3, -0.25) is 0 Å². The van der Waals surface area contributed by atoms with Crippen LogP contribution in [0.1, 0.15) is 0 Å². The molecule has 64 heavy (non-hydrogen) atoms. The van der Waals surface area contributed by atoms with Gasteiger partial charge in [0.1, 0.15) is 11.2 Å². The minimum atomic E-state index is -2.88. The van der Waals surface area contributed by atoms with Crippen molar-refractivity contribution in [2.75, 3.05) is 0 Å². The first-order chi connectivity index (χ1) is 31.8. The average molecular weight is 829 g/mol. The van der Waals surface area contributed by atoms with Crippen molar-refractivity contribution in [2.24, 2.45) is 0 Å². The van der Waals surface area contributed by atoms with E-state index >= 15 is 0 Å². The summed E-state index contributed by atoms with van der Waals surface area (Å²) in [6.07, 6.45) is 0.